The van der Waals surface area contributed by atoms with Crippen molar-refractivity contribution in [1.29, 1.82) is 0 Å². The number of fused-ring (bicyclic) bond motifs is 1. The molecule has 0 spiro atoms. The minimum Gasteiger partial charge on any atom is -0.266 e. The van der Waals surface area contributed by atoms with E-state index >= 15 is 0 Å². The Kier molecular flexibility index (Phi) is 4.85. The molecule has 4 aromatic carbocycles. The number of hydrogen-bond acceptors (Lipinski definition) is 2. The molecular weight excluding hydrogens is 411 g/mol. The molecule has 1 amide bonds. The summed E-state index contributed by atoms with van der Waals surface area (Å²) >= 11 is 6.42. The van der Waals surface area contributed by atoms with E-state index in [0.29, 0.717) is 22.1 Å². The number of halogens is 2. The SMILES string of the molecule is O=C1/C(=C\c2cccc3ccccc23)N=C(c2ccccc2Cl)N1c1ccc(F)cc1. The van der Waals surface area contributed by atoms with Crippen molar-refractivity contribution in [3.8, 4) is 0 Å². The van der Waals surface area contributed by atoms with Crippen LogP contribution in [0, 0.1) is 5.82 Å². The van der Waals surface area contributed by atoms with Crippen molar-refractivity contribution in [2.24, 2.45) is 4.99 Å². The van der Waals surface area contributed by atoms with Crippen molar-refractivity contribution in [2.75, 3.05) is 4.90 Å². The molecule has 5 heteroatoms. The Labute approximate surface area is 183 Å². The van der Waals surface area contributed by atoms with E-state index in [1.165, 1.54) is 17.0 Å². The summed E-state index contributed by atoms with van der Waals surface area (Å²) in [7, 11) is 0. The third-order valence-electron chi connectivity index (χ3n) is 5.18. The van der Waals surface area contributed by atoms with Crippen LogP contribution in [0.15, 0.2) is 102 Å². The van der Waals surface area contributed by atoms with Gasteiger partial charge in [-0.25, -0.2) is 9.38 Å². The van der Waals surface area contributed by atoms with Gasteiger partial charge in [0, 0.05) is 5.56 Å². The second kappa shape index (κ2) is 7.82. The second-order valence-electron chi connectivity index (χ2n) is 7.13. The average Bonchev–Trinajstić information content (AvgIpc) is 3.11. The zero-order valence-corrected chi connectivity index (χ0v) is 17.1. The number of anilines is 1. The molecule has 31 heavy (non-hydrogen) atoms. The smallest absolute Gasteiger partial charge is 0.266 e. The Balaban J connectivity index is 1.68. The van der Waals surface area contributed by atoms with Crippen LogP contribution in [0.5, 0.6) is 0 Å². The number of nitrogens with zero attached hydrogens (tertiary/aromatic N) is 2. The zero-order valence-electron chi connectivity index (χ0n) is 16.3. The van der Waals surface area contributed by atoms with Gasteiger partial charge < -0.3 is 0 Å². The number of aliphatic imine (C=N–C) groups is 1. The molecule has 1 aliphatic heterocycles. The predicted molar refractivity (Wildman–Crippen MR) is 124 cm³/mol. The number of carbonyl (C=O) groups excluding carboxylic acids is 1. The van der Waals surface area contributed by atoms with E-state index in [0.717, 1.165) is 16.3 Å². The summed E-state index contributed by atoms with van der Waals surface area (Å²) in [5.74, 6) is -0.263. The maximum absolute atomic E-state index is 13.5. The molecule has 0 aliphatic carbocycles. The molecule has 4 aromatic rings. The first-order valence-electron chi connectivity index (χ1n) is 9.75. The van der Waals surface area contributed by atoms with Crippen LogP contribution in [-0.2, 0) is 4.79 Å². The molecule has 0 radical (unpaired) electrons. The van der Waals surface area contributed by atoms with Gasteiger partial charge in [-0.2, -0.15) is 0 Å². The van der Waals surface area contributed by atoms with Gasteiger partial charge in [0.1, 0.15) is 17.3 Å². The van der Waals surface area contributed by atoms with Gasteiger partial charge in [0.15, 0.2) is 0 Å². The monoisotopic (exact) mass is 426 g/mol. The predicted octanol–water partition coefficient (Wildman–Crippen LogP) is 6.47. The highest BCUT2D eigenvalue weighted by atomic mass is 35.5. The molecule has 150 valence electrons. The van der Waals surface area contributed by atoms with E-state index in [1.54, 1.807) is 24.3 Å². The highest BCUT2D eigenvalue weighted by Crippen LogP contribution is 2.31. The Bertz CT molecular complexity index is 1370. The normalized spacial score (nSPS) is 15.0. The fraction of sp³-hybridized carbons (Fsp3) is 0. The number of rotatable bonds is 3. The van der Waals surface area contributed by atoms with E-state index in [-0.39, 0.29) is 17.4 Å². The van der Waals surface area contributed by atoms with E-state index in [4.69, 9.17) is 11.6 Å². The third kappa shape index (κ3) is 3.51. The molecule has 5 rings (SSSR count). The summed E-state index contributed by atoms with van der Waals surface area (Å²) in [5.41, 5.74) is 2.33. The van der Waals surface area contributed by atoms with Gasteiger partial charge in [0.25, 0.3) is 5.91 Å². The molecular formula is C26H16ClFN2O. The standard InChI is InChI=1S/C26H16ClFN2O/c27-23-11-4-3-10-22(23)25-29-24(26(31)30(25)20-14-12-19(28)13-15-20)16-18-8-5-7-17-6-1-2-9-21(17)18/h1-16H/b24-16+. The van der Waals surface area contributed by atoms with Gasteiger partial charge in [-0.15, -0.1) is 0 Å². The minimum absolute atomic E-state index is 0.288. The Morgan fingerprint density at radius 2 is 1.55 bits per heavy atom. The fourth-order valence-corrected chi connectivity index (χ4v) is 3.91. The summed E-state index contributed by atoms with van der Waals surface area (Å²) in [6, 6.07) is 26.9. The van der Waals surface area contributed by atoms with Crippen molar-refractivity contribution < 1.29 is 9.18 Å². The first-order valence-corrected chi connectivity index (χ1v) is 10.1. The molecule has 3 nitrogen and oxygen atoms in total. The van der Waals surface area contributed by atoms with Crippen molar-refractivity contribution in [3.05, 3.63) is 119 Å². The molecule has 0 aromatic heterocycles. The van der Waals surface area contributed by atoms with Crippen LogP contribution >= 0.6 is 11.6 Å². The van der Waals surface area contributed by atoms with Crippen LogP contribution in [0.1, 0.15) is 11.1 Å². The zero-order chi connectivity index (χ0) is 21.4. The molecule has 1 aliphatic rings. The number of amides is 1. The Morgan fingerprint density at radius 1 is 0.839 bits per heavy atom. The van der Waals surface area contributed by atoms with Gasteiger partial charge >= 0.3 is 0 Å². The molecule has 0 N–H and O–H groups in total. The lowest BCUT2D eigenvalue weighted by Crippen LogP contribution is -2.32. The van der Waals surface area contributed by atoms with E-state index in [1.807, 2.05) is 60.7 Å². The Morgan fingerprint density at radius 3 is 2.35 bits per heavy atom. The first-order chi connectivity index (χ1) is 15.1. The number of amidine groups is 1. The van der Waals surface area contributed by atoms with Crippen LogP contribution in [0.2, 0.25) is 5.02 Å². The van der Waals surface area contributed by atoms with Gasteiger partial charge in [-0.05, 0) is 58.8 Å². The highest BCUT2D eigenvalue weighted by Gasteiger charge is 2.33. The average molecular weight is 427 g/mol. The van der Waals surface area contributed by atoms with Gasteiger partial charge in [0.2, 0.25) is 0 Å². The summed E-state index contributed by atoms with van der Waals surface area (Å²) in [6.07, 6.45) is 1.78. The van der Waals surface area contributed by atoms with Gasteiger partial charge in [0.05, 0.1) is 10.7 Å². The largest absolute Gasteiger partial charge is 0.282 e. The molecule has 0 bridgehead atoms. The second-order valence-corrected chi connectivity index (χ2v) is 7.54. The lowest BCUT2D eigenvalue weighted by atomic mass is 10.0. The molecule has 0 saturated carbocycles. The molecule has 0 saturated heterocycles. The summed E-state index contributed by atoms with van der Waals surface area (Å²) in [6.45, 7) is 0. The van der Waals surface area contributed by atoms with Crippen molar-refractivity contribution >= 4 is 45.9 Å². The fourth-order valence-electron chi connectivity index (χ4n) is 3.69. The number of benzene rings is 4. The third-order valence-corrected chi connectivity index (χ3v) is 5.51. The lowest BCUT2D eigenvalue weighted by Gasteiger charge is -2.19. The number of carbonyl (C=O) groups is 1. The van der Waals surface area contributed by atoms with Crippen LogP contribution in [0.4, 0.5) is 10.1 Å². The van der Waals surface area contributed by atoms with Gasteiger partial charge in [-0.1, -0.05) is 66.2 Å². The number of hydrogen-bond donors (Lipinski definition) is 0. The van der Waals surface area contributed by atoms with Crippen molar-refractivity contribution in [1.82, 2.24) is 0 Å². The summed E-state index contributed by atoms with van der Waals surface area (Å²) < 4.78 is 13.5. The topological polar surface area (TPSA) is 32.7 Å². The van der Waals surface area contributed by atoms with Gasteiger partial charge in [-0.3, -0.25) is 9.69 Å². The van der Waals surface area contributed by atoms with E-state index in [2.05, 4.69) is 4.99 Å². The molecule has 0 atom stereocenters. The van der Waals surface area contributed by atoms with E-state index < -0.39 is 0 Å². The van der Waals surface area contributed by atoms with Crippen LogP contribution in [0.25, 0.3) is 16.8 Å². The quantitative estimate of drug-likeness (QED) is 0.346. The van der Waals surface area contributed by atoms with Crippen molar-refractivity contribution in [3.63, 3.8) is 0 Å². The summed E-state index contributed by atoms with van der Waals surface area (Å²) in [4.78, 5) is 19.6. The van der Waals surface area contributed by atoms with Crippen molar-refractivity contribution in [2.45, 2.75) is 0 Å². The molecule has 1 heterocycles. The maximum Gasteiger partial charge on any atom is 0.282 e. The minimum atomic E-state index is -0.377. The van der Waals surface area contributed by atoms with Crippen LogP contribution in [0.3, 0.4) is 0 Å². The maximum atomic E-state index is 13.5. The highest BCUT2D eigenvalue weighted by molar-refractivity contribution is 6.39. The van der Waals surface area contributed by atoms with Crippen LogP contribution < -0.4 is 4.90 Å². The summed E-state index contributed by atoms with van der Waals surface area (Å²) in [5, 5.41) is 2.58. The Hall–Kier alpha value is -3.76. The first kappa shape index (κ1) is 19.2. The molecule has 0 unspecified atom stereocenters. The van der Waals surface area contributed by atoms with E-state index in [9.17, 15) is 9.18 Å². The molecule has 0 fully saturated rings. The van der Waals surface area contributed by atoms with Crippen LogP contribution in [-0.4, -0.2) is 11.7 Å². The lowest BCUT2D eigenvalue weighted by molar-refractivity contribution is -0.113.